The molecular formula is C26H38O2Si. The van der Waals surface area contributed by atoms with Gasteiger partial charge in [-0.1, -0.05) is 52.5 Å². The summed E-state index contributed by atoms with van der Waals surface area (Å²) in [7, 11) is -1.85. The Bertz CT molecular complexity index is 823. The third-order valence-corrected chi connectivity index (χ3v) is 12.4. The van der Waals surface area contributed by atoms with Crippen molar-refractivity contribution in [1.82, 2.24) is 0 Å². The van der Waals surface area contributed by atoms with E-state index in [2.05, 4.69) is 71.7 Å². The predicted molar refractivity (Wildman–Crippen MR) is 123 cm³/mol. The molecule has 0 bridgehead atoms. The SMILES string of the molecule is C[C@@H](C#Cc1cccc(O[Si](C)(C)C(C)(C)C)c1)C1CCC2C(=O)CCC[C@@]21C. The van der Waals surface area contributed by atoms with Gasteiger partial charge in [-0.2, -0.15) is 0 Å². The maximum absolute atomic E-state index is 12.4. The van der Waals surface area contributed by atoms with Gasteiger partial charge in [0.1, 0.15) is 11.5 Å². The molecule has 0 saturated heterocycles. The smallest absolute Gasteiger partial charge is 0.250 e. The van der Waals surface area contributed by atoms with Gasteiger partial charge < -0.3 is 4.43 Å². The first-order chi connectivity index (χ1) is 13.4. The van der Waals surface area contributed by atoms with Crippen molar-refractivity contribution in [3.05, 3.63) is 29.8 Å². The predicted octanol–water partition coefficient (Wildman–Crippen LogP) is 6.84. The molecule has 29 heavy (non-hydrogen) atoms. The number of Topliss-reactive ketones (excluding diaryl/α,β-unsaturated/α-hetero) is 1. The van der Waals surface area contributed by atoms with Gasteiger partial charge in [0.05, 0.1) is 0 Å². The first-order valence-corrected chi connectivity index (χ1v) is 14.2. The van der Waals surface area contributed by atoms with Gasteiger partial charge in [-0.15, -0.1) is 0 Å². The molecule has 3 heteroatoms. The van der Waals surface area contributed by atoms with E-state index in [9.17, 15) is 4.79 Å². The molecule has 0 radical (unpaired) electrons. The highest BCUT2D eigenvalue weighted by atomic mass is 28.4. The zero-order chi connectivity index (χ0) is 21.4. The molecule has 2 unspecified atom stereocenters. The quantitative estimate of drug-likeness (QED) is 0.402. The standard InChI is InChI=1S/C26H38O2Si/c1-19(22-15-16-23-24(27)12-9-17-26(22,23)5)13-14-20-10-8-11-21(18-20)28-29(6,7)25(2,3)4/h8,10-11,18-19,22-23H,9,12,15-17H2,1-7H3/t19-,22?,23?,26+/m0/s1. The molecule has 2 fully saturated rings. The van der Waals surface area contributed by atoms with Gasteiger partial charge in [-0.05, 0) is 73.3 Å². The zero-order valence-electron chi connectivity index (χ0n) is 19.4. The first kappa shape index (κ1) is 22.2. The molecule has 0 spiro atoms. The Balaban J connectivity index is 1.74. The highest BCUT2D eigenvalue weighted by Gasteiger charge is 2.52. The molecule has 0 amide bonds. The Kier molecular flexibility index (Phi) is 6.07. The van der Waals surface area contributed by atoms with Gasteiger partial charge in [0, 0.05) is 23.8 Å². The molecule has 2 nitrogen and oxygen atoms in total. The molecule has 4 atom stereocenters. The zero-order valence-corrected chi connectivity index (χ0v) is 20.4. The van der Waals surface area contributed by atoms with E-state index in [1.54, 1.807) is 0 Å². The molecular weight excluding hydrogens is 372 g/mol. The van der Waals surface area contributed by atoms with Gasteiger partial charge in [-0.3, -0.25) is 4.79 Å². The molecule has 0 N–H and O–H groups in total. The van der Waals surface area contributed by atoms with E-state index < -0.39 is 8.32 Å². The Morgan fingerprint density at radius 3 is 2.66 bits per heavy atom. The lowest BCUT2D eigenvalue weighted by Crippen LogP contribution is -2.43. The number of benzene rings is 1. The van der Waals surface area contributed by atoms with Crippen LogP contribution in [0.15, 0.2) is 24.3 Å². The first-order valence-electron chi connectivity index (χ1n) is 11.3. The third kappa shape index (κ3) is 4.48. The lowest BCUT2D eigenvalue weighted by Gasteiger charge is -2.41. The van der Waals surface area contributed by atoms with Crippen molar-refractivity contribution in [2.75, 3.05) is 0 Å². The van der Waals surface area contributed by atoms with Crippen LogP contribution in [0, 0.1) is 35.0 Å². The van der Waals surface area contributed by atoms with Crippen molar-refractivity contribution in [3.63, 3.8) is 0 Å². The second kappa shape index (κ2) is 7.95. The summed E-state index contributed by atoms with van der Waals surface area (Å²) in [6.45, 7) is 15.9. The summed E-state index contributed by atoms with van der Waals surface area (Å²) in [6.07, 6.45) is 5.21. The number of carbonyl (C=O) groups is 1. The van der Waals surface area contributed by atoms with E-state index in [1.165, 1.54) is 6.42 Å². The fourth-order valence-corrected chi connectivity index (χ4v) is 6.20. The molecule has 2 aliphatic rings. The van der Waals surface area contributed by atoms with Crippen molar-refractivity contribution in [1.29, 1.82) is 0 Å². The second-order valence-corrected chi connectivity index (χ2v) is 15.7. The number of hydrogen-bond acceptors (Lipinski definition) is 2. The molecule has 0 heterocycles. The summed E-state index contributed by atoms with van der Waals surface area (Å²) in [5.41, 5.74) is 1.17. The van der Waals surface area contributed by atoms with Crippen molar-refractivity contribution < 1.29 is 9.22 Å². The maximum Gasteiger partial charge on any atom is 0.250 e. The molecule has 1 aromatic carbocycles. The molecule has 158 valence electrons. The van der Waals surface area contributed by atoms with Crippen LogP contribution in [0.1, 0.15) is 72.3 Å². The van der Waals surface area contributed by atoms with Gasteiger partial charge >= 0.3 is 0 Å². The molecule has 3 rings (SSSR count). The Morgan fingerprint density at radius 1 is 1.24 bits per heavy atom. The Morgan fingerprint density at radius 2 is 1.97 bits per heavy atom. The van der Waals surface area contributed by atoms with Crippen LogP contribution >= 0.6 is 0 Å². The lowest BCUT2D eigenvalue weighted by molar-refractivity contribution is -0.129. The van der Waals surface area contributed by atoms with E-state index in [-0.39, 0.29) is 16.4 Å². The van der Waals surface area contributed by atoms with Crippen molar-refractivity contribution in [2.24, 2.45) is 23.2 Å². The monoisotopic (exact) mass is 410 g/mol. The fraction of sp³-hybridized carbons (Fsp3) is 0.654. The number of rotatable bonds is 3. The average Bonchev–Trinajstić information content (AvgIpc) is 2.97. The largest absolute Gasteiger partial charge is 0.543 e. The topological polar surface area (TPSA) is 26.3 Å². The number of fused-ring (bicyclic) bond motifs is 1. The van der Waals surface area contributed by atoms with Crippen molar-refractivity contribution >= 4 is 14.1 Å². The minimum atomic E-state index is -1.85. The van der Waals surface area contributed by atoms with E-state index in [4.69, 9.17) is 4.43 Å². The molecule has 1 aromatic rings. The van der Waals surface area contributed by atoms with Crippen LogP contribution in [0.5, 0.6) is 5.75 Å². The summed E-state index contributed by atoms with van der Waals surface area (Å²) in [5, 5.41) is 0.176. The lowest BCUT2D eigenvalue weighted by atomic mass is 9.62. The maximum atomic E-state index is 12.4. The third-order valence-electron chi connectivity index (χ3n) is 8.00. The van der Waals surface area contributed by atoms with E-state index in [0.29, 0.717) is 17.6 Å². The Hall–Kier alpha value is -1.53. The number of hydrogen-bond donors (Lipinski definition) is 0. The highest BCUT2D eigenvalue weighted by molar-refractivity contribution is 6.74. The summed E-state index contributed by atoms with van der Waals surface area (Å²) >= 11 is 0. The summed E-state index contributed by atoms with van der Waals surface area (Å²) in [5.74, 6) is 9.47. The van der Waals surface area contributed by atoms with Crippen LogP contribution in [0.2, 0.25) is 18.1 Å². The van der Waals surface area contributed by atoms with Crippen LogP contribution in [-0.4, -0.2) is 14.1 Å². The average molecular weight is 411 g/mol. The summed E-state index contributed by atoms with van der Waals surface area (Å²) in [4.78, 5) is 12.4. The number of carbonyl (C=O) groups excluding carboxylic acids is 1. The van der Waals surface area contributed by atoms with Crippen LogP contribution in [-0.2, 0) is 4.79 Å². The highest BCUT2D eigenvalue weighted by Crippen LogP contribution is 2.56. The van der Waals surface area contributed by atoms with Gasteiger partial charge in [0.25, 0.3) is 0 Å². The van der Waals surface area contributed by atoms with Crippen LogP contribution in [0.4, 0.5) is 0 Å². The second-order valence-electron chi connectivity index (χ2n) is 11.0. The minimum absolute atomic E-state index is 0.150. The Labute approximate surface area is 178 Å². The molecule has 0 aromatic heterocycles. The van der Waals surface area contributed by atoms with Gasteiger partial charge in [0.2, 0.25) is 8.32 Å². The van der Waals surface area contributed by atoms with Gasteiger partial charge in [0.15, 0.2) is 0 Å². The van der Waals surface area contributed by atoms with Crippen molar-refractivity contribution in [2.45, 2.75) is 84.9 Å². The van der Waals surface area contributed by atoms with Crippen LogP contribution < -0.4 is 4.43 Å². The number of ketones is 1. The van der Waals surface area contributed by atoms with Gasteiger partial charge in [-0.25, -0.2) is 0 Å². The van der Waals surface area contributed by atoms with E-state index >= 15 is 0 Å². The molecule has 2 aliphatic carbocycles. The summed E-state index contributed by atoms with van der Waals surface area (Å²) < 4.78 is 6.45. The fourth-order valence-electron chi connectivity index (χ4n) is 5.17. The molecule has 0 aliphatic heterocycles. The van der Waals surface area contributed by atoms with Crippen LogP contribution in [0.3, 0.4) is 0 Å². The normalized spacial score (nSPS) is 28.3. The van der Waals surface area contributed by atoms with Crippen LogP contribution in [0.25, 0.3) is 0 Å². The molecule has 2 saturated carbocycles. The van der Waals surface area contributed by atoms with E-state index in [0.717, 1.165) is 37.0 Å². The van der Waals surface area contributed by atoms with E-state index in [1.807, 2.05) is 12.1 Å². The summed E-state index contributed by atoms with van der Waals surface area (Å²) in [6, 6.07) is 8.25. The minimum Gasteiger partial charge on any atom is -0.543 e. The van der Waals surface area contributed by atoms with Crippen molar-refractivity contribution in [3.8, 4) is 17.6 Å².